The lowest BCUT2D eigenvalue weighted by Crippen LogP contribution is -2.23. The zero-order chi connectivity index (χ0) is 16.5. The number of methoxy groups -OCH3 is 1. The molecule has 5 heteroatoms. The van der Waals surface area contributed by atoms with Crippen LogP contribution in [0.2, 0.25) is 0 Å². The lowest BCUT2D eigenvalue weighted by atomic mass is 10.0. The molecule has 1 aliphatic rings. The van der Waals surface area contributed by atoms with Crippen LogP contribution in [-0.4, -0.2) is 23.2 Å². The molecule has 1 saturated carbocycles. The van der Waals surface area contributed by atoms with E-state index in [4.69, 9.17) is 4.74 Å². The predicted molar refractivity (Wildman–Crippen MR) is 92.2 cm³/mol. The summed E-state index contributed by atoms with van der Waals surface area (Å²) in [6.45, 7) is 0.398. The summed E-state index contributed by atoms with van der Waals surface area (Å²) < 4.78 is 5.46. The van der Waals surface area contributed by atoms with Gasteiger partial charge in [-0.3, -0.25) is 9.89 Å². The number of hydrogen-bond donors (Lipinski definition) is 2. The molecule has 3 aromatic rings. The van der Waals surface area contributed by atoms with Gasteiger partial charge >= 0.3 is 0 Å². The Morgan fingerprint density at radius 3 is 2.92 bits per heavy atom. The Kier molecular flexibility index (Phi) is 3.69. The van der Waals surface area contributed by atoms with Gasteiger partial charge in [0.2, 0.25) is 0 Å². The van der Waals surface area contributed by atoms with Crippen molar-refractivity contribution in [3.8, 4) is 5.75 Å². The standard InChI is InChI=1S/C19H19N3O2/c1-24-18-9-8-12-4-2-3-5-14(12)15(18)11-20-19(23)17-10-16(21-22-17)13-6-7-13/h2-5,8-10,13H,6-7,11H2,1H3,(H,20,23)(H,21,22). The van der Waals surface area contributed by atoms with Crippen molar-refractivity contribution in [3.05, 3.63) is 59.4 Å². The molecule has 0 spiro atoms. The molecule has 5 nitrogen and oxygen atoms in total. The third-order valence-corrected chi connectivity index (χ3v) is 4.49. The summed E-state index contributed by atoms with van der Waals surface area (Å²) in [7, 11) is 1.64. The maximum absolute atomic E-state index is 12.4. The minimum atomic E-state index is -0.173. The number of nitrogens with zero attached hydrogens (tertiary/aromatic N) is 1. The van der Waals surface area contributed by atoms with E-state index in [1.165, 1.54) is 12.8 Å². The monoisotopic (exact) mass is 321 g/mol. The summed E-state index contributed by atoms with van der Waals surface area (Å²) in [5, 5.41) is 12.2. The number of rotatable bonds is 5. The van der Waals surface area contributed by atoms with Crippen LogP contribution in [0, 0.1) is 0 Å². The maximum Gasteiger partial charge on any atom is 0.272 e. The van der Waals surface area contributed by atoms with Crippen molar-refractivity contribution in [2.45, 2.75) is 25.3 Å². The second-order valence-corrected chi connectivity index (χ2v) is 6.13. The van der Waals surface area contributed by atoms with Crippen LogP contribution in [0.25, 0.3) is 10.8 Å². The number of hydrogen-bond acceptors (Lipinski definition) is 3. The van der Waals surface area contributed by atoms with E-state index >= 15 is 0 Å². The fraction of sp³-hybridized carbons (Fsp3) is 0.263. The Bertz CT molecular complexity index is 897. The Balaban J connectivity index is 1.56. The molecular weight excluding hydrogens is 302 g/mol. The largest absolute Gasteiger partial charge is 0.496 e. The van der Waals surface area contributed by atoms with Gasteiger partial charge in [0.05, 0.1) is 7.11 Å². The number of aromatic amines is 1. The number of amides is 1. The third-order valence-electron chi connectivity index (χ3n) is 4.49. The van der Waals surface area contributed by atoms with Crippen molar-refractivity contribution in [1.82, 2.24) is 15.5 Å². The molecule has 24 heavy (non-hydrogen) atoms. The van der Waals surface area contributed by atoms with E-state index in [0.717, 1.165) is 27.8 Å². The molecule has 1 heterocycles. The fourth-order valence-electron chi connectivity index (χ4n) is 3.01. The number of H-pyrrole nitrogens is 1. The molecule has 122 valence electrons. The number of nitrogens with one attached hydrogen (secondary N) is 2. The van der Waals surface area contributed by atoms with Crippen molar-refractivity contribution >= 4 is 16.7 Å². The molecule has 1 fully saturated rings. The first-order valence-corrected chi connectivity index (χ1v) is 8.14. The van der Waals surface area contributed by atoms with Crippen molar-refractivity contribution in [2.75, 3.05) is 7.11 Å². The lowest BCUT2D eigenvalue weighted by Gasteiger charge is -2.12. The second kappa shape index (κ2) is 6.00. The highest BCUT2D eigenvalue weighted by Crippen LogP contribution is 2.39. The van der Waals surface area contributed by atoms with Crippen molar-refractivity contribution in [2.24, 2.45) is 0 Å². The summed E-state index contributed by atoms with van der Waals surface area (Å²) in [6.07, 6.45) is 2.35. The zero-order valence-electron chi connectivity index (χ0n) is 13.5. The molecule has 1 aliphatic carbocycles. The Morgan fingerprint density at radius 2 is 2.12 bits per heavy atom. The smallest absolute Gasteiger partial charge is 0.272 e. The highest BCUT2D eigenvalue weighted by Gasteiger charge is 2.26. The van der Waals surface area contributed by atoms with E-state index in [0.29, 0.717) is 18.2 Å². The van der Waals surface area contributed by atoms with Crippen molar-refractivity contribution < 1.29 is 9.53 Å². The van der Waals surface area contributed by atoms with Gasteiger partial charge in [-0.1, -0.05) is 30.3 Å². The number of aromatic nitrogens is 2. The van der Waals surface area contributed by atoms with Crippen LogP contribution in [0.4, 0.5) is 0 Å². The molecule has 0 radical (unpaired) electrons. The normalized spacial score (nSPS) is 13.9. The average molecular weight is 321 g/mol. The van der Waals surface area contributed by atoms with Gasteiger partial charge in [0, 0.05) is 23.7 Å². The zero-order valence-corrected chi connectivity index (χ0v) is 13.5. The molecule has 0 saturated heterocycles. The highest BCUT2D eigenvalue weighted by molar-refractivity contribution is 5.93. The molecule has 0 aliphatic heterocycles. The van der Waals surface area contributed by atoms with Gasteiger partial charge in [-0.25, -0.2) is 0 Å². The van der Waals surface area contributed by atoms with Crippen LogP contribution in [0.1, 0.15) is 40.5 Å². The van der Waals surface area contributed by atoms with Gasteiger partial charge in [-0.05, 0) is 35.7 Å². The molecule has 4 rings (SSSR count). The summed E-state index contributed by atoms with van der Waals surface area (Å²) in [5.74, 6) is 1.15. The van der Waals surface area contributed by atoms with E-state index in [9.17, 15) is 4.79 Å². The van der Waals surface area contributed by atoms with Gasteiger partial charge in [0.1, 0.15) is 11.4 Å². The molecule has 2 N–H and O–H groups in total. The van der Waals surface area contributed by atoms with Crippen LogP contribution in [0.15, 0.2) is 42.5 Å². The molecule has 0 unspecified atom stereocenters. The molecule has 1 amide bonds. The average Bonchev–Trinajstić information content (AvgIpc) is 3.36. The number of fused-ring (bicyclic) bond motifs is 1. The Hall–Kier alpha value is -2.82. The predicted octanol–water partition coefficient (Wildman–Crippen LogP) is 3.38. The SMILES string of the molecule is COc1ccc2ccccc2c1CNC(=O)c1cc(C2CC2)[nH]n1. The number of benzene rings is 2. The van der Waals surface area contributed by atoms with Crippen LogP contribution >= 0.6 is 0 Å². The van der Waals surface area contributed by atoms with Gasteiger partial charge in [-0.2, -0.15) is 5.10 Å². The van der Waals surface area contributed by atoms with Crippen LogP contribution in [0.3, 0.4) is 0 Å². The van der Waals surface area contributed by atoms with E-state index < -0.39 is 0 Å². The fourth-order valence-corrected chi connectivity index (χ4v) is 3.01. The highest BCUT2D eigenvalue weighted by atomic mass is 16.5. The van der Waals surface area contributed by atoms with Crippen molar-refractivity contribution in [3.63, 3.8) is 0 Å². The first-order valence-electron chi connectivity index (χ1n) is 8.14. The minimum Gasteiger partial charge on any atom is -0.496 e. The first kappa shape index (κ1) is 14.8. The molecular formula is C19H19N3O2. The number of carbonyl (C=O) groups excluding carboxylic acids is 1. The maximum atomic E-state index is 12.4. The van der Waals surface area contributed by atoms with Gasteiger partial charge in [0.25, 0.3) is 5.91 Å². The van der Waals surface area contributed by atoms with E-state index in [1.54, 1.807) is 7.11 Å². The van der Waals surface area contributed by atoms with Gasteiger partial charge in [-0.15, -0.1) is 0 Å². The molecule has 1 aromatic heterocycles. The minimum absolute atomic E-state index is 0.173. The molecule has 0 bridgehead atoms. The number of carbonyl (C=O) groups is 1. The topological polar surface area (TPSA) is 67.0 Å². The summed E-state index contributed by atoms with van der Waals surface area (Å²) in [4.78, 5) is 12.4. The summed E-state index contributed by atoms with van der Waals surface area (Å²) >= 11 is 0. The van der Waals surface area contributed by atoms with E-state index in [1.807, 2.05) is 36.4 Å². The van der Waals surface area contributed by atoms with E-state index in [2.05, 4.69) is 21.6 Å². The Morgan fingerprint density at radius 1 is 1.29 bits per heavy atom. The quantitative estimate of drug-likeness (QED) is 0.757. The Labute approximate surface area is 140 Å². The van der Waals surface area contributed by atoms with Gasteiger partial charge in [0.15, 0.2) is 0 Å². The molecule has 0 atom stereocenters. The van der Waals surface area contributed by atoms with Crippen LogP contribution in [-0.2, 0) is 6.54 Å². The summed E-state index contributed by atoms with van der Waals surface area (Å²) in [5.41, 5.74) is 2.47. The van der Waals surface area contributed by atoms with Crippen LogP contribution < -0.4 is 10.1 Å². The van der Waals surface area contributed by atoms with Crippen LogP contribution in [0.5, 0.6) is 5.75 Å². The first-order chi connectivity index (χ1) is 11.8. The molecule has 2 aromatic carbocycles. The van der Waals surface area contributed by atoms with Crippen molar-refractivity contribution in [1.29, 1.82) is 0 Å². The summed E-state index contributed by atoms with van der Waals surface area (Å²) in [6, 6.07) is 13.9. The van der Waals surface area contributed by atoms with E-state index in [-0.39, 0.29) is 5.91 Å². The van der Waals surface area contributed by atoms with Gasteiger partial charge < -0.3 is 10.1 Å². The number of ether oxygens (including phenoxy) is 1. The second-order valence-electron chi connectivity index (χ2n) is 6.13. The third kappa shape index (κ3) is 2.73. The lowest BCUT2D eigenvalue weighted by molar-refractivity contribution is 0.0946.